The Kier molecular flexibility index (Phi) is 3.82. The van der Waals surface area contributed by atoms with Gasteiger partial charge in [0.1, 0.15) is 16.2 Å². The third-order valence-corrected chi connectivity index (χ3v) is 5.40. The Morgan fingerprint density at radius 3 is 3.11 bits per heavy atom. The highest BCUT2D eigenvalue weighted by Crippen LogP contribution is 2.39. The summed E-state index contributed by atoms with van der Waals surface area (Å²) in [6.07, 6.45) is 6.73. The molecule has 96 valence electrons. The molecule has 0 spiro atoms. The van der Waals surface area contributed by atoms with E-state index in [1.54, 1.807) is 25.2 Å². The average Bonchev–Trinajstić information content (AvgIpc) is 2.78. The Morgan fingerprint density at radius 1 is 1.33 bits per heavy atom. The maximum atomic E-state index is 5.11. The molecule has 1 aliphatic carbocycles. The first-order valence-corrected chi connectivity index (χ1v) is 8.07. The number of aryl methyl sites for hydroxylation is 2. The molecule has 2 heterocycles. The molecule has 0 aliphatic heterocycles. The standard InChI is InChI=1S/C13H16N2OS2/c1-16-6-7-17-12-11-9-4-2-3-5-10(9)18-13(11)15-8-14-12/h8H,2-7H2,1H3. The van der Waals surface area contributed by atoms with Crippen LogP contribution in [0.2, 0.25) is 0 Å². The molecule has 0 saturated heterocycles. The summed E-state index contributed by atoms with van der Waals surface area (Å²) >= 11 is 3.64. The van der Waals surface area contributed by atoms with Crippen LogP contribution in [0.3, 0.4) is 0 Å². The molecule has 0 amide bonds. The predicted molar refractivity (Wildman–Crippen MR) is 76.7 cm³/mol. The van der Waals surface area contributed by atoms with Gasteiger partial charge in [-0.05, 0) is 31.2 Å². The van der Waals surface area contributed by atoms with Gasteiger partial charge in [0.2, 0.25) is 0 Å². The average molecular weight is 280 g/mol. The number of thiophene rings is 1. The predicted octanol–water partition coefficient (Wildman–Crippen LogP) is 3.31. The largest absolute Gasteiger partial charge is 0.384 e. The highest BCUT2D eigenvalue weighted by Gasteiger charge is 2.19. The van der Waals surface area contributed by atoms with E-state index in [2.05, 4.69) is 9.97 Å². The van der Waals surface area contributed by atoms with Gasteiger partial charge in [-0.25, -0.2) is 9.97 Å². The third-order valence-electron chi connectivity index (χ3n) is 3.24. The lowest BCUT2D eigenvalue weighted by molar-refractivity contribution is 0.218. The lowest BCUT2D eigenvalue weighted by atomic mass is 9.97. The summed E-state index contributed by atoms with van der Waals surface area (Å²) in [5, 5.41) is 2.45. The van der Waals surface area contributed by atoms with Gasteiger partial charge in [-0.15, -0.1) is 23.1 Å². The SMILES string of the molecule is COCCSc1ncnc2sc3c(c12)CCCC3. The van der Waals surface area contributed by atoms with Crippen molar-refractivity contribution in [1.82, 2.24) is 9.97 Å². The van der Waals surface area contributed by atoms with Gasteiger partial charge in [-0.3, -0.25) is 0 Å². The molecular weight excluding hydrogens is 264 g/mol. The Balaban J connectivity index is 2.00. The molecule has 0 bridgehead atoms. The van der Waals surface area contributed by atoms with Crippen molar-refractivity contribution < 1.29 is 4.74 Å². The highest BCUT2D eigenvalue weighted by atomic mass is 32.2. The van der Waals surface area contributed by atoms with Gasteiger partial charge < -0.3 is 4.74 Å². The van der Waals surface area contributed by atoms with Crippen LogP contribution in [0.25, 0.3) is 10.2 Å². The second kappa shape index (κ2) is 5.55. The van der Waals surface area contributed by atoms with Crippen LogP contribution >= 0.6 is 23.1 Å². The van der Waals surface area contributed by atoms with Crippen LogP contribution in [-0.2, 0) is 17.6 Å². The molecule has 0 aromatic carbocycles. The van der Waals surface area contributed by atoms with Crippen molar-refractivity contribution in [3.05, 3.63) is 16.8 Å². The molecule has 3 rings (SSSR count). The van der Waals surface area contributed by atoms with Gasteiger partial charge in [-0.2, -0.15) is 0 Å². The molecule has 2 aromatic rings. The quantitative estimate of drug-likeness (QED) is 0.489. The van der Waals surface area contributed by atoms with Gasteiger partial charge in [-0.1, -0.05) is 0 Å². The molecule has 0 N–H and O–H groups in total. The molecule has 5 heteroatoms. The van der Waals surface area contributed by atoms with Crippen LogP contribution in [0, 0.1) is 0 Å². The van der Waals surface area contributed by atoms with Crippen LogP contribution in [0.1, 0.15) is 23.3 Å². The Labute approximate surface area is 115 Å². The summed E-state index contributed by atoms with van der Waals surface area (Å²) in [6, 6.07) is 0. The zero-order valence-corrected chi connectivity index (χ0v) is 12.1. The van der Waals surface area contributed by atoms with Crippen LogP contribution in [0.15, 0.2) is 11.4 Å². The molecular formula is C13H16N2OS2. The minimum Gasteiger partial charge on any atom is -0.384 e. The van der Waals surface area contributed by atoms with Crippen molar-refractivity contribution in [2.75, 3.05) is 19.5 Å². The fourth-order valence-electron chi connectivity index (χ4n) is 2.39. The number of nitrogens with zero attached hydrogens (tertiary/aromatic N) is 2. The molecule has 0 fully saturated rings. The second-order valence-corrected chi connectivity index (χ2v) is 6.58. The van der Waals surface area contributed by atoms with Crippen LogP contribution in [0.4, 0.5) is 0 Å². The molecule has 1 aliphatic rings. The van der Waals surface area contributed by atoms with Crippen molar-refractivity contribution in [2.24, 2.45) is 0 Å². The zero-order valence-electron chi connectivity index (χ0n) is 10.4. The van der Waals surface area contributed by atoms with E-state index in [9.17, 15) is 0 Å². The van der Waals surface area contributed by atoms with Gasteiger partial charge in [0.25, 0.3) is 0 Å². The molecule has 18 heavy (non-hydrogen) atoms. The van der Waals surface area contributed by atoms with E-state index in [-0.39, 0.29) is 0 Å². The highest BCUT2D eigenvalue weighted by molar-refractivity contribution is 7.99. The fraction of sp³-hybridized carbons (Fsp3) is 0.538. The number of thioether (sulfide) groups is 1. The van der Waals surface area contributed by atoms with Gasteiger partial charge >= 0.3 is 0 Å². The van der Waals surface area contributed by atoms with Crippen LogP contribution < -0.4 is 0 Å². The van der Waals surface area contributed by atoms with Gasteiger partial charge in [0, 0.05) is 23.1 Å². The van der Waals surface area contributed by atoms with Crippen molar-refractivity contribution >= 4 is 33.3 Å². The molecule has 0 atom stereocenters. The first kappa shape index (κ1) is 12.4. The van der Waals surface area contributed by atoms with Crippen molar-refractivity contribution in [3.8, 4) is 0 Å². The van der Waals surface area contributed by atoms with E-state index in [0.29, 0.717) is 0 Å². The summed E-state index contributed by atoms with van der Waals surface area (Å²) in [7, 11) is 1.74. The van der Waals surface area contributed by atoms with E-state index in [4.69, 9.17) is 4.74 Å². The number of ether oxygens (including phenoxy) is 1. The number of rotatable bonds is 4. The van der Waals surface area contributed by atoms with Crippen LogP contribution in [-0.4, -0.2) is 29.4 Å². The number of methoxy groups -OCH3 is 1. The molecule has 3 nitrogen and oxygen atoms in total. The Hall–Kier alpha value is -0.650. The monoisotopic (exact) mass is 280 g/mol. The number of aromatic nitrogens is 2. The van der Waals surface area contributed by atoms with E-state index in [1.807, 2.05) is 11.3 Å². The maximum absolute atomic E-state index is 5.11. The minimum atomic E-state index is 0.766. The van der Waals surface area contributed by atoms with Gasteiger partial charge in [0.15, 0.2) is 0 Å². The van der Waals surface area contributed by atoms with Crippen molar-refractivity contribution in [2.45, 2.75) is 30.7 Å². The van der Waals surface area contributed by atoms with E-state index < -0.39 is 0 Å². The van der Waals surface area contributed by atoms with Crippen molar-refractivity contribution in [3.63, 3.8) is 0 Å². The van der Waals surface area contributed by atoms with E-state index in [1.165, 1.54) is 41.5 Å². The number of hydrogen-bond acceptors (Lipinski definition) is 5. The zero-order chi connectivity index (χ0) is 12.4. The molecule has 2 aromatic heterocycles. The topological polar surface area (TPSA) is 35.0 Å². The third kappa shape index (κ3) is 2.27. The molecule has 0 saturated carbocycles. The normalized spacial score (nSPS) is 14.9. The molecule has 0 radical (unpaired) electrons. The lowest BCUT2D eigenvalue weighted by Gasteiger charge is -2.11. The summed E-state index contributed by atoms with van der Waals surface area (Å²) in [5.74, 6) is 0.952. The molecule has 0 unspecified atom stereocenters. The Morgan fingerprint density at radius 2 is 2.22 bits per heavy atom. The smallest absolute Gasteiger partial charge is 0.128 e. The van der Waals surface area contributed by atoms with Crippen LogP contribution in [0.5, 0.6) is 0 Å². The fourth-order valence-corrected chi connectivity index (χ4v) is 4.62. The minimum absolute atomic E-state index is 0.766. The number of fused-ring (bicyclic) bond motifs is 3. The van der Waals surface area contributed by atoms with Crippen molar-refractivity contribution in [1.29, 1.82) is 0 Å². The van der Waals surface area contributed by atoms with E-state index >= 15 is 0 Å². The summed E-state index contributed by atoms with van der Waals surface area (Å²) in [5.41, 5.74) is 1.52. The maximum Gasteiger partial charge on any atom is 0.128 e. The second-order valence-electron chi connectivity index (χ2n) is 4.41. The Bertz CT molecular complexity index is 553. The summed E-state index contributed by atoms with van der Waals surface area (Å²) in [6.45, 7) is 0.766. The first-order valence-electron chi connectivity index (χ1n) is 6.27. The van der Waals surface area contributed by atoms with E-state index in [0.717, 1.165) is 22.2 Å². The summed E-state index contributed by atoms with van der Waals surface area (Å²) in [4.78, 5) is 11.6. The summed E-state index contributed by atoms with van der Waals surface area (Å²) < 4.78 is 5.11. The lowest BCUT2D eigenvalue weighted by Crippen LogP contribution is -1.99. The number of hydrogen-bond donors (Lipinski definition) is 0. The first-order chi connectivity index (χ1) is 8.90. The van der Waals surface area contributed by atoms with Gasteiger partial charge in [0.05, 0.1) is 6.61 Å².